The number of halogens is 1. The average molecular weight is 364 g/mol. The summed E-state index contributed by atoms with van der Waals surface area (Å²) in [5.41, 5.74) is 0.508. The SMILES string of the molecule is COc1c(Cl)cccc1NC(=O)N1CCN(C(=O)c2ccco2)CC1. The molecule has 0 bridgehead atoms. The van der Waals surface area contributed by atoms with Crippen LogP contribution in [0.2, 0.25) is 5.02 Å². The quantitative estimate of drug-likeness (QED) is 0.909. The summed E-state index contributed by atoms with van der Waals surface area (Å²) in [6, 6.07) is 8.20. The molecule has 25 heavy (non-hydrogen) atoms. The van der Waals surface area contributed by atoms with Crippen LogP contribution >= 0.6 is 11.6 Å². The number of hydrogen-bond donors (Lipinski definition) is 1. The Morgan fingerprint density at radius 2 is 1.84 bits per heavy atom. The molecule has 1 aliphatic heterocycles. The Balaban J connectivity index is 1.59. The Morgan fingerprint density at radius 3 is 2.48 bits per heavy atom. The van der Waals surface area contributed by atoms with Gasteiger partial charge in [-0.3, -0.25) is 4.79 Å². The van der Waals surface area contributed by atoms with Gasteiger partial charge >= 0.3 is 6.03 Å². The van der Waals surface area contributed by atoms with E-state index in [2.05, 4.69) is 5.32 Å². The minimum Gasteiger partial charge on any atom is -0.493 e. The molecule has 8 heteroatoms. The van der Waals surface area contributed by atoms with E-state index in [9.17, 15) is 9.59 Å². The molecule has 132 valence electrons. The third-order valence-corrected chi connectivity index (χ3v) is 4.30. The molecular weight excluding hydrogens is 346 g/mol. The molecule has 2 aromatic rings. The lowest BCUT2D eigenvalue weighted by Gasteiger charge is -2.34. The number of furan rings is 1. The Hall–Kier alpha value is -2.67. The van der Waals surface area contributed by atoms with Crippen molar-refractivity contribution in [3.63, 3.8) is 0 Å². The lowest BCUT2D eigenvalue weighted by Crippen LogP contribution is -2.51. The van der Waals surface area contributed by atoms with Crippen molar-refractivity contribution < 1.29 is 18.7 Å². The molecule has 1 saturated heterocycles. The molecule has 2 heterocycles. The number of piperazine rings is 1. The Bertz CT molecular complexity index is 755. The molecule has 1 aliphatic rings. The van der Waals surface area contributed by atoms with E-state index < -0.39 is 0 Å². The van der Waals surface area contributed by atoms with Crippen molar-refractivity contribution in [3.05, 3.63) is 47.4 Å². The minimum atomic E-state index is -0.259. The van der Waals surface area contributed by atoms with Crippen LogP contribution in [0, 0.1) is 0 Å². The van der Waals surface area contributed by atoms with Crippen LogP contribution in [0.4, 0.5) is 10.5 Å². The molecule has 1 aromatic heterocycles. The zero-order valence-corrected chi connectivity index (χ0v) is 14.5. The first kappa shape index (κ1) is 17.2. The number of carbonyl (C=O) groups excluding carboxylic acids is 2. The summed E-state index contributed by atoms with van der Waals surface area (Å²) in [6.07, 6.45) is 1.47. The van der Waals surface area contributed by atoms with Crippen LogP contribution in [0.1, 0.15) is 10.6 Å². The summed E-state index contributed by atoms with van der Waals surface area (Å²) in [7, 11) is 1.50. The fourth-order valence-electron chi connectivity index (χ4n) is 2.68. The van der Waals surface area contributed by atoms with Crippen LogP contribution in [0.3, 0.4) is 0 Å². The van der Waals surface area contributed by atoms with Gasteiger partial charge in [0, 0.05) is 26.2 Å². The molecule has 0 atom stereocenters. The van der Waals surface area contributed by atoms with Crippen LogP contribution in [0.25, 0.3) is 0 Å². The number of hydrogen-bond acceptors (Lipinski definition) is 4. The predicted octanol–water partition coefficient (Wildman–Crippen LogP) is 2.93. The number of anilines is 1. The van der Waals surface area contributed by atoms with E-state index in [0.717, 1.165) is 0 Å². The number of ether oxygens (including phenoxy) is 1. The zero-order valence-electron chi connectivity index (χ0n) is 13.7. The van der Waals surface area contributed by atoms with E-state index >= 15 is 0 Å². The maximum atomic E-state index is 12.4. The van der Waals surface area contributed by atoms with Gasteiger partial charge in [-0.15, -0.1) is 0 Å². The summed E-state index contributed by atoms with van der Waals surface area (Å²) in [4.78, 5) is 28.0. The first-order valence-corrected chi connectivity index (χ1v) is 8.19. The summed E-state index contributed by atoms with van der Waals surface area (Å²) in [6.45, 7) is 1.75. The molecule has 1 aromatic carbocycles. The van der Waals surface area contributed by atoms with Crippen molar-refractivity contribution in [3.8, 4) is 5.75 Å². The molecule has 0 radical (unpaired) electrons. The molecule has 3 amide bonds. The second-order valence-corrected chi connectivity index (χ2v) is 5.91. The second kappa shape index (κ2) is 7.48. The highest BCUT2D eigenvalue weighted by molar-refractivity contribution is 6.32. The van der Waals surface area contributed by atoms with Crippen LogP contribution in [0.15, 0.2) is 41.0 Å². The van der Waals surface area contributed by atoms with E-state index in [1.165, 1.54) is 13.4 Å². The number of amides is 3. The number of urea groups is 1. The van der Waals surface area contributed by atoms with E-state index in [4.69, 9.17) is 20.8 Å². The molecule has 0 aliphatic carbocycles. The highest BCUT2D eigenvalue weighted by atomic mass is 35.5. The van der Waals surface area contributed by atoms with Crippen molar-refractivity contribution in [2.24, 2.45) is 0 Å². The maximum absolute atomic E-state index is 12.4. The molecule has 3 rings (SSSR count). The first-order valence-electron chi connectivity index (χ1n) is 7.81. The van der Waals surface area contributed by atoms with Gasteiger partial charge in [-0.2, -0.15) is 0 Å². The highest BCUT2D eigenvalue weighted by Crippen LogP contribution is 2.32. The lowest BCUT2D eigenvalue weighted by molar-refractivity contribution is 0.0640. The number of benzene rings is 1. The fourth-order valence-corrected chi connectivity index (χ4v) is 2.93. The van der Waals surface area contributed by atoms with Gasteiger partial charge in [0.05, 0.1) is 24.1 Å². The van der Waals surface area contributed by atoms with Crippen molar-refractivity contribution in [1.29, 1.82) is 0 Å². The molecule has 0 saturated carbocycles. The summed E-state index contributed by atoms with van der Waals surface area (Å²) >= 11 is 6.06. The van der Waals surface area contributed by atoms with Gasteiger partial charge in [-0.05, 0) is 24.3 Å². The molecule has 7 nitrogen and oxygen atoms in total. The van der Waals surface area contributed by atoms with Crippen LogP contribution in [-0.2, 0) is 0 Å². The van der Waals surface area contributed by atoms with Gasteiger partial charge in [-0.1, -0.05) is 17.7 Å². The van der Waals surface area contributed by atoms with Crippen LogP contribution in [-0.4, -0.2) is 55.0 Å². The fraction of sp³-hybridized carbons (Fsp3) is 0.294. The molecule has 1 N–H and O–H groups in total. The van der Waals surface area contributed by atoms with Gasteiger partial charge in [0.1, 0.15) is 0 Å². The minimum absolute atomic E-state index is 0.165. The topological polar surface area (TPSA) is 75.0 Å². The normalized spacial score (nSPS) is 14.3. The molecular formula is C17H18ClN3O4. The monoisotopic (exact) mass is 363 g/mol. The average Bonchev–Trinajstić information content (AvgIpc) is 3.16. The Kier molecular flexibility index (Phi) is 5.14. The zero-order chi connectivity index (χ0) is 17.8. The largest absolute Gasteiger partial charge is 0.493 e. The summed E-state index contributed by atoms with van der Waals surface area (Å²) < 4.78 is 10.4. The lowest BCUT2D eigenvalue weighted by atomic mass is 10.2. The summed E-state index contributed by atoms with van der Waals surface area (Å²) in [5.74, 6) is 0.562. The molecule has 0 unspecified atom stereocenters. The number of rotatable bonds is 3. The number of nitrogens with zero attached hydrogens (tertiary/aromatic N) is 2. The second-order valence-electron chi connectivity index (χ2n) is 5.51. The van der Waals surface area contributed by atoms with Gasteiger partial charge in [0.25, 0.3) is 5.91 Å². The predicted molar refractivity (Wildman–Crippen MR) is 93.2 cm³/mol. The first-order chi connectivity index (χ1) is 12.1. The van der Waals surface area contributed by atoms with E-state index in [1.54, 1.807) is 40.1 Å². The Labute approximate surface area is 150 Å². The maximum Gasteiger partial charge on any atom is 0.322 e. The number of methoxy groups -OCH3 is 1. The van der Waals surface area contributed by atoms with E-state index in [1.807, 2.05) is 0 Å². The highest BCUT2D eigenvalue weighted by Gasteiger charge is 2.26. The smallest absolute Gasteiger partial charge is 0.322 e. The number of nitrogens with one attached hydrogen (secondary N) is 1. The third-order valence-electron chi connectivity index (χ3n) is 4.00. The summed E-state index contributed by atoms with van der Waals surface area (Å²) in [5, 5.41) is 3.22. The van der Waals surface area contributed by atoms with Crippen LogP contribution < -0.4 is 10.1 Å². The molecule has 0 spiro atoms. The van der Waals surface area contributed by atoms with Gasteiger partial charge in [0.15, 0.2) is 11.5 Å². The standard InChI is InChI=1S/C17H18ClN3O4/c1-24-15-12(18)4-2-5-13(15)19-17(23)21-9-7-20(8-10-21)16(22)14-6-3-11-25-14/h2-6,11H,7-10H2,1H3,(H,19,23). The van der Waals surface area contributed by atoms with E-state index in [0.29, 0.717) is 48.4 Å². The van der Waals surface area contributed by atoms with Gasteiger partial charge < -0.3 is 24.3 Å². The van der Waals surface area contributed by atoms with Crippen molar-refractivity contribution in [2.45, 2.75) is 0 Å². The Morgan fingerprint density at radius 1 is 1.12 bits per heavy atom. The number of carbonyl (C=O) groups is 2. The molecule has 1 fully saturated rings. The number of para-hydroxylation sites is 1. The third kappa shape index (κ3) is 3.71. The van der Waals surface area contributed by atoms with Gasteiger partial charge in [0.2, 0.25) is 0 Å². The van der Waals surface area contributed by atoms with E-state index in [-0.39, 0.29) is 11.9 Å². The van der Waals surface area contributed by atoms with Crippen molar-refractivity contribution in [2.75, 3.05) is 38.6 Å². The van der Waals surface area contributed by atoms with Crippen molar-refractivity contribution in [1.82, 2.24) is 9.80 Å². The van der Waals surface area contributed by atoms with Crippen LogP contribution in [0.5, 0.6) is 5.75 Å². The van der Waals surface area contributed by atoms with Gasteiger partial charge in [-0.25, -0.2) is 4.79 Å². The van der Waals surface area contributed by atoms with Crippen molar-refractivity contribution >= 4 is 29.2 Å².